The molecule has 1 heterocycles. The first-order valence-corrected chi connectivity index (χ1v) is 6.16. The Balaban J connectivity index is 2.15. The average Bonchev–Trinajstić information content (AvgIpc) is 2.77. The summed E-state index contributed by atoms with van der Waals surface area (Å²) in [5.41, 5.74) is 0.465. The normalized spacial score (nSPS) is 10.5. The van der Waals surface area contributed by atoms with Gasteiger partial charge in [-0.2, -0.15) is 0 Å². The van der Waals surface area contributed by atoms with Gasteiger partial charge in [-0.05, 0) is 28.6 Å². The molecule has 0 bridgehead atoms. The van der Waals surface area contributed by atoms with Gasteiger partial charge in [0.1, 0.15) is 0 Å². The molecule has 0 aliphatic carbocycles. The van der Waals surface area contributed by atoms with Gasteiger partial charge in [-0.3, -0.25) is 4.79 Å². The zero-order valence-corrected chi connectivity index (χ0v) is 11.9. The van der Waals surface area contributed by atoms with Crippen molar-refractivity contribution in [3.63, 3.8) is 0 Å². The number of carbonyl (C=O) groups excluding carboxylic acids is 1. The van der Waals surface area contributed by atoms with Gasteiger partial charge in [0.15, 0.2) is 5.82 Å². The van der Waals surface area contributed by atoms with Crippen LogP contribution in [0.2, 0.25) is 10.0 Å². The Morgan fingerprint density at radius 3 is 2.68 bits per heavy atom. The quantitative estimate of drug-likeness (QED) is 0.867. The Kier molecular flexibility index (Phi) is 4.01. The molecule has 0 atom stereocenters. The van der Waals surface area contributed by atoms with E-state index in [-0.39, 0.29) is 5.91 Å². The predicted molar refractivity (Wildman–Crippen MR) is 71.1 cm³/mol. The van der Waals surface area contributed by atoms with Crippen molar-refractivity contribution >= 4 is 29.1 Å². The minimum Gasteiger partial charge on any atom is -0.334 e. The Morgan fingerprint density at radius 1 is 1.37 bits per heavy atom. The Bertz CT molecular complexity index is 613. The van der Waals surface area contributed by atoms with Crippen LogP contribution in [0.4, 0.5) is 0 Å². The zero-order valence-electron chi connectivity index (χ0n) is 10.3. The van der Waals surface area contributed by atoms with Crippen LogP contribution in [0.1, 0.15) is 16.2 Å². The highest BCUT2D eigenvalue weighted by atomic mass is 35.5. The molecule has 0 N–H and O–H groups in total. The van der Waals surface area contributed by atoms with Gasteiger partial charge in [0.05, 0.1) is 16.6 Å². The van der Waals surface area contributed by atoms with Gasteiger partial charge in [-0.15, -0.1) is 5.10 Å². The number of rotatable bonds is 3. The maximum Gasteiger partial charge on any atom is 0.254 e. The maximum absolute atomic E-state index is 12.2. The summed E-state index contributed by atoms with van der Waals surface area (Å²) in [7, 11) is 3.38. The van der Waals surface area contributed by atoms with Crippen molar-refractivity contribution in [3.8, 4) is 0 Å². The molecule has 0 saturated heterocycles. The van der Waals surface area contributed by atoms with Crippen LogP contribution in [0.5, 0.6) is 0 Å². The zero-order chi connectivity index (χ0) is 14.0. The van der Waals surface area contributed by atoms with Crippen molar-refractivity contribution in [2.24, 2.45) is 7.05 Å². The largest absolute Gasteiger partial charge is 0.334 e. The fourth-order valence-electron chi connectivity index (χ4n) is 1.52. The van der Waals surface area contributed by atoms with Crippen LogP contribution < -0.4 is 0 Å². The summed E-state index contributed by atoms with van der Waals surface area (Å²) in [4.78, 5) is 13.7. The van der Waals surface area contributed by atoms with Crippen LogP contribution in [0.25, 0.3) is 0 Å². The molecule has 8 heteroatoms. The minimum atomic E-state index is -0.179. The van der Waals surface area contributed by atoms with Gasteiger partial charge >= 0.3 is 0 Å². The van der Waals surface area contributed by atoms with Crippen LogP contribution >= 0.6 is 23.2 Å². The molecule has 19 heavy (non-hydrogen) atoms. The number of hydrogen-bond donors (Lipinski definition) is 0. The van der Waals surface area contributed by atoms with Crippen LogP contribution in [0, 0.1) is 0 Å². The molecule has 2 rings (SSSR count). The van der Waals surface area contributed by atoms with E-state index in [9.17, 15) is 4.79 Å². The molecule has 100 valence electrons. The summed E-state index contributed by atoms with van der Waals surface area (Å²) < 4.78 is 1.51. The topological polar surface area (TPSA) is 63.9 Å². The Morgan fingerprint density at radius 2 is 2.11 bits per heavy atom. The van der Waals surface area contributed by atoms with Crippen LogP contribution in [-0.2, 0) is 13.6 Å². The molecule has 2 aromatic rings. The molecular formula is C11H11Cl2N5O. The summed E-state index contributed by atoms with van der Waals surface area (Å²) in [6, 6.07) is 4.76. The van der Waals surface area contributed by atoms with Crippen molar-refractivity contribution < 1.29 is 4.79 Å². The lowest BCUT2D eigenvalue weighted by Gasteiger charge is -2.16. The van der Waals surface area contributed by atoms with Gasteiger partial charge < -0.3 is 4.90 Å². The molecule has 1 aromatic heterocycles. The Labute approximate surface area is 119 Å². The molecule has 0 radical (unpaired) electrons. The van der Waals surface area contributed by atoms with E-state index in [4.69, 9.17) is 23.2 Å². The third kappa shape index (κ3) is 3.02. The molecule has 1 amide bonds. The van der Waals surface area contributed by atoms with Gasteiger partial charge in [0.2, 0.25) is 0 Å². The number of halogens is 2. The highest BCUT2D eigenvalue weighted by Crippen LogP contribution is 2.23. The van der Waals surface area contributed by atoms with Crippen molar-refractivity contribution in [2.45, 2.75) is 6.54 Å². The minimum absolute atomic E-state index is 0.179. The number of aryl methyl sites for hydroxylation is 1. The van der Waals surface area contributed by atoms with Gasteiger partial charge in [0, 0.05) is 19.7 Å². The van der Waals surface area contributed by atoms with Crippen LogP contribution in [0.3, 0.4) is 0 Å². The van der Waals surface area contributed by atoms with Crippen LogP contribution in [-0.4, -0.2) is 38.1 Å². The van der Waals surface area contributed by atoms with Gasteiger partial charge in [-0.1, -0.05) is 23.2 Å². The fourth-order valence-corrected chi connectivity index (χ4v) is 1.81. The summed E-state index contributed by atoms with van der Waals surface area (Å²) in [6.07, 6.45) is 0. The lowest BCUT2D eigenvalue weighted by atomic mass is 10.2. The SMILES string of the molecule is CN(Cc1nnnn1C)C(=O)c1ccc(Cl)c(Cl)c1. The van der Waals surface area contributed by atoms with E-state index < -0.39 is 0 Å². The Hall–Kier alpha value is -1.66. The molecule has 0 spiro atoms. The standard InChI is InChI=1S/C11H11Cl2N5O/c1-17(6-10-14-15-16-18(10)2)11(19)7-3-4-8(12)9(13)5-7/h3-5H,6H2,1-2H3. The molecule has 0 fully saturated rings. The molecule has 6 nitrogen and oxygen atoms in total. The number of benzene rings is 1. The number of nitrogens with zero attached hydrogens (tertiary/aromatic N) is 5. The van der Waals surface area contributed by atoms with Gasteiger partial charge in [-0.25, -0.2) is 4.68 Å². The second-order valence-electron chi connectivity index (χ2n) is 4.01. The molecule has 0 aliphatic heterocycles. The fraction of sp³-hybridized carbons (Fsp3) is 0.273. The monoisotopic (exact) mass is 299 g/mol. The number of carbonyl (C=O) groups is 1. The second-order valence-corrected chi connectivity index (χ2v) is 4.82. The third-order valence-electron chi connectivity index (χ3n) is 2.60. The first-order chi connectivity index (χ1) is 8.99. The number of amides is 1. The van der Waals surface area contributed by atoms with Gasteiger partial charge in [0.25, 0.3) is 5.91 Å². The number of aromatic nitrogens is 4. The van der Waals surface area contributed by atoms with E-state index in [2.05, 4.69) is 15.5 Å². The maximum atomic E-state index is 12.2. The predicted octanol–water partition coefficient (Wildman–Crippen LogP) is 1.79. The van der Waals surface area contributed by atoms with Crippen molar-refractivity contribution in [2.75, 3.05) is 7.05 Å². The van der Waals surface area contributed by atoms with Crippen LogP contribution in [0.15, 0.2) is 18.2 Å². The number of tetrazole rings is 1. The van der Waals surface area contributed by atoms with E-state index in [0.29, 0.717) is 28.0 Å². The van der Waals surface area contributed by atoms with Crippen molar-refractivity contribution in [1.29, 1.82) is 0 Å². The first-order valence-electron chi connectivity index (χ1n) is 5.41. The molecule has 0 aliphatic rings. The second kappa shape index (κ2) is 5.54. The van der Waals surface area contributed by atoms with E-state index >= 15 is 0 Å². The van der Waals surface area contributed by atoms with E-state index in [1.807, 2.05) is 0 Å². The van der Waals surface area contributed by atoms with E-state index in [0.717, 1.165) is 0 Å². The highest BCUT2D eigenvalue weighted by Gasteiger charge is 2.15. The summed E-state index contributed by atoms with van der Waals surface area (Å²) >= 11 is 11.7. The third-order valence-corrected chi connectivity index (χ3v) is 3.34. The number of hydrogen-bond acceptors (Lipinski definition) is 4. The van der Waals surface area contributed by atoms with E-state index in [1.165, 1.54) is 15.6 Å². The average molecular weight is 300 g/mol. The molecule has 0 unspecified atom stereocenters. The molecule has 1 aromatic carbocycles. The van der Waals surface area contributed by atoms with Crippen molar-refractivity contribution in [3.05, 3.63) is 39.6 Å². The lowest BCUT2D eigenvalue weighted by Crippen LogP contribution is -2.27. The molecule has 0 saturated carbocycles. The first kappa shape index (κ1) is 13.8. The smallest absolute Gasteiger partial charge is 0.254 e. The molecular weight excluding hydrogens is 289 g/mol. The highest BCUT2D eigenvalue weighted by molar-refractivity contribution is 6.42. The lowest BCUT2D eigenvalue weighted by molar-refractivity contribution is 0.0780. The summed E-state index contributed by atoms with van der Waals surface area (Å²) in [5, 5.41) is 11.8. The van der Waals surface area contributed by atoms with E-state index in [1.54, 1.807) is 26.2 Å². The van der Waals surface area contributed by atoms with Crippen molar-refractivity contribution in [1.82, 2.24) is 25.1 Å². The summed E-state index contributed by atoms with van der Waals surface area (Å²) in [6.45, 7) is 0.308. The summed E-state index contributed by atoms with van der Waals surface area (Å²) in [5.74, 6) is 0.414.